The molecular formula is C14H21ClN2OS. The molecule has 0 bridgehead atoms. The van der Waals surface area contributed by atoms with Crippen molar-refractivity contribution in [3.8, 4) is 0 Å². The largest absolute Gasteiger partial charge is 0.336 e. The fourth-order valence-corrected chi connectivity index (χ4v) is 4.12. The molecule has 1 fully saturated rings. The van der Waals surface area contributed by atoms with Crippen LogP contribution in [0.1, 0.15) is 45.8 Å². The SMILES string of the molecule is Cl.NC1CCN(C(=O)c2cc3c(s2)CCCCC3)C1. The molecule has 5 heteroatoms. The summed E-state index contributed by atoms with van der Waals surface area (Å²) >= 11 is 1.71. The van der Waals surface area contributed by atoms with E-state index in [4.69, 9.17) is 5.73 Å². The fourth-order valence-electron chi connectivity index (χ4n) is 2.90. The van der Waals surface area contributed by atoms with Crippen molar-refractivity contribution >= 4 is 29.7 Å². The number of amides is 1. The summed E-state index contributed by atoms with van der Waals surface area (Å²) in [6.45, 7) is 1.55. The second-order valence-corrected chi connectivity index (χ2v) is 6.56. The second-order valence-electron chi connectivity index (χ2n) is 5.42. The highest BCUT2D eigenvalue weighted by molar-refractivity contribution is 7.14. The van der Waals surface area contributed by atoms with Gasteiger partial charge >= 0.3 is 0 Å². The van der Waals surface area contributed by atoms with Gasteiger partial charge in [-0.1, -0.05) is 6.42 Å². The third-order valence-corrected chi connectivity index (χ3v) is 5.19. The van der Waals surface area contributed by atoms with Gasteiger partial charge < -0.3 is 10.6 Å². The van der Waals surface area contributed by atoms with Crippen molar-refractivity contribution in [2.24, 2.45) is 5.73 Å². The topological polar surface area (TPSA) is 46.3 Å². The van der Waals surface area contributed by atoms with Crippen LogP contribution in [0.15, 0.2) is 6.07 Å². The molecule has 0 radical (unpaired) electrons. The van der Waals surface area contributed by atoms with Crippen molar-refractivity contribution in [3.63, 3.8) is 0 Å². The Balaban J connectivity index is 0.00000133. The average molecular weight is 301 g/mol. The molecule has 1 atom stereocenters. The van der Waals surface area contributed by atoms with Crippen LogP contribution in [0.2, 0.25) is 0 Å². The van der Waals surface area contributed by atoms with Gasteiger partial charge in [-0.2, -0.15) is 0 Å². The lowest BCUT2D eigenvalue weighted by molar-refractivity contribution is 0.0795. The van der Waals surface area contributed by atoms with Crippen molar-refractivity contribution in [1.29, 1.82) is 0 Å². The van der Waals surface area contributed by atoms with Crippen LogP contribution in [-0.2, 0) is 12.8 Å². The van der Waals surface area contributed by atoms with E-state index in [0.29, 0.717) is 0 Å². The van der Waals surface area contributed by atoms with Crippen LogP contribution >= 0.6 is 23.7 Å². The summed E-state index contributed by atoms with van der Waals surface area (Å²) in [6, 6.07) is 2.31. The summed E-state index contributed by atoms with van der Waals surface area (Å²) in [5.74, 6) is 0.195. The molecule has 3 rings (SSSR count). The highest BCUT2D eigenvalue weighted by Crippen LogP contribution is 2.30. The van der Waals surface area contributed by atoms with E-state index in [1.807, 2.05) is 4.90 Å². The number of fused-ring (bicyclic) bond motifs is 1. The van der Waals surface area contributed by atoms with E-state index in [1.165, 1.54) is 29.7 Å². The summed E-state index contributed by atoms with van der Waals surface area (Å²) in [4.78, 5) is 16.7. The lowest BCUT2D eigenvalue weighted by atomic mass is 10.1. The highest BCUT2D eigenvalue weighted by Gasteiger charge is 2.26. The van der Waals surface area contributed by atoms with Crippen LogP contribution in [0.3, 0.4) is 0 Å². The van der Waals surface area contributed by atoms with Crippen LogP contribution in [0.4, 0.5) is 0 Å². The molecule has 1 saturated heterocycles. The Bertz CT molecular complexity index is 437. The monoisotopic (exact) mass is 300 g/mol. The summed E-state index contributed by atoms with van der Waals surface area (Å²) in [6.07, 6.45) is 7.12. The minimum absolute atomic E-state index is 0. The Morgan fingerprint density at radius 2 is 2.11 bits per heavy atom. The molecule has 1 aromatic rings. The third kappa shape index (κ3) is 3.12. The minimum Gasteiger partial charge on any atom is -0.336 e. The number of likely N-dealkylation sites (tertiary alicyclic amines) is 1. The van der Waals surface area contributed by atoms with Crippen molar-refractivity contribution in [1.82, 2.24) is 4.90 Å². The zero-order valence-electron chi connectivity index (χ0n) is 11.1. The van der Waals surface area contributed by atoms with E-state index in [1.54, 1.807) is 11.3 Å². The van der Waals surface area contributed by atoms with Gasteiger partial charge in [0.05, 0.1) is 4.88 Å². The number of aryl methyl sites for hydroxylation is 2. The van der Waals surface area contributed by atoms with Crippen LogP contribution in [0, 0.1) is 0 Å². The first-order valence-corrected chi connectivity index (χ1v) is 7.72. The molecule has 1 amide bonds. The molecule has 0 saturated carbocycles. The quantitative estimate of drug-likeness (QED) is 0.810. The number of nitrogens with two attached hydrogens (primary N) is 1. The smallest absolute Gasteiger partial charge is 0.263 e. The number of nitrogens with zero attached hydrogens (tertiary/aromatic N) is 1. The molecule has 0 aromatic carbocycles. The zero-order valence-corrected chi connectivity index (χ0v) is 12.7. The molecule has 3 nitrogen and oxygen atoms in total. The zero-order chi connectivity index (χ0) is 12.5. The molecule has 1 unspecified atom stereocenters. The number of carbonyl (C=O) groups excluding carboxylic acids is 1. The van der Waals surface area contributed by atoms with E-state index in [0.717, 1.165) is 37.2 Å². The van der Waals surface area contributed by atoms with Crippen molar-refractivity contribution < 1.29 is 4.79 Å². The predicted octanol–water partition coefficient (Wildman–Crippen LogP) is 2.61. The van der Waals surface area contributed by atoms with Gasteiger partial charge in [0.25, 0.3) is 5.91 Å². The number of halogens is 1. The molecular weight excluding hydrogens is 280 g/mol. The molecule has 1 aliphatic carbocycles. The second kappa shape index (κ2) is 6.25. The number of hydrogen-bond acceptors (Lipinski definition) is 3. The van der Waals surface area contributed by atoms with Crippen molar-refractivity contribution in [3.05, 3.63) is 21.4 Å². The molecule has 2 heterocycles. The molecule has 19 heavy (non-hydrogen) atoms. The maximum absolute atomic E-state index is 12.4. The molecule has 1 aliphatic heterocycles. The molecule has 1 aromatic heterocycles. The molecule has 106 valence electrons. The Kier molecular flexibility index (Phi) is 4.87. The first-order valence-electron chi connectivity index (χ1n) is 6.90. The van der Waals surface area contributed by atoms with Crippen molar-refractivity contribution in [2.45, 2.75) is 44.6 Å². The van der Waals surface area contributed by atoms with Gasteiger partial charge in [-0.25, -0.2) is 0 Å². The first kappa shape index (κ1) is 14.8. The predicted molar refractivity (Wildman–Crippen MR) is 81.3 cm³/mol. The van der Waals surface area contributed by atoms with Gasteiger partial charge in [-0.3, -0.25) is 4.79 Å². The number of rotatable bonds is 1. The standard InChI is InChI=1S/C14H20N2OS.ClH/c15-11-6-7-16(9-11)14(17)13-8-10-4-2-1-3-5-12(10)18-13;/h8,11H,1-7,9,15H2;1H. The molecule has 0 spiro atoms. The van der Waals surface area contributed by atoms with Gasteiger partial charge in [0.15, 0.2) is 0 Å². The average Bonchev–Trinajstić information content (AvgIpc) is 2.90. The molecule has 2 N–H and O–H groups in total. The van der Waals surface area contributed by atoms with E-state index in [9.17, 15) is 4.79 Å². The fraction of sp³-hybridized carbons (Fsp3) is 0.643. The highest BCUT2D eigenvalue weighted by atomic mass is 35.5. The normalized spacial score (nSPS) is 22.6. The lowest BCUT2D eigenvalue weighted by Gasteiger charge is -2.14. The summed E-state index contributed by atoms with van der Waals surface area (Å²) in [5.41, 5.74) is 7.29. The minimum atomic E-state index is 0. The number of thiophene rings is 1. The van der Waals surface area contributed by atoms with Gasteiger partial charge in [0.2, 0.25) is 0 Å². The number of carbonyl (C=O) groups is 1. The summed E-state index contributed by atoms with van der Waals surface area (Å²) in [7, 11) is 0. The van der Waals surface area contributed by atoms with Crippen LogP contribution in [0.5, 0.6) is 0 Å². The Morgan fingerprint density at radius 1 is 1.32 bits per heavy atom. The van der Waals surface area contributed by atoms with Crippen LogP contribution in [-0.4, -0.2) is 29.9 Å². The van der Waals surface area contributed by atoms with Gasteiger partial charge in [-0.05, 0) is 43.7 Å². The van der Waals surface area contributed by atoms with Crippen LogP contribution in [0.25, 0.3) is 0 Å². The van der Waals surface area contributed by atoms with E-state index >= 15 is 0 Å². The Morgan fingerprint density at radius 3 is 2.84 bits per heavy atom. The first-order chi connectivity index (χ1) is 8.74. The summed E-state index contributed by atoms with van der Waals surface area (Å²) in [5, 5.41) is 0. The molecule has 2 aliphatic rings. The van der Waals surface area contributed by atoms with Gasteiger partial charge in [0.1, 0.15) is 0 Å². The number of hydrogen-bond donors (Lipinski definition) is 1. The maximum atomic E-state index is 12.4. The van der Waals surface area contributed by atoms with Gasteiger partial charge in [0, 0.05) is 24.0 Å². The Labute approximate surface area is 124 Å². The van der Waals surface area contributed by atoms with Crippen LogP contribution < -0.4 is 5.73 Å². The maximum Gasteiger partial charge on any atom is 0.263 e. The Hall–Kier alpha value is -0.580. The van der Waals surface area contributed by atoms with E-state index in [2.05, 4.69) is 6.07 Å². The summed E-state index contributed by atoms with van der Waals surface area (Å²) < 4.78 is 0. The van der Waals surface area contributed by atoms with Gasteiger partial charge in [-0.15, -0.1) is 23.7 Å². The third-order valence-electron chi connectivity index (χ3n) is 3.97. The van der Waals surface area contributed by atoms with E-state index in [-0.39, 0.29) is 24.4 Å². The van der Waals surface area contributed by atoms with E-state index < -0.39 is 0 Å². The lowest BCUT2D eigenvalue weighted by Crippen LogP contribution is -2.31. The van der Waals surface area contributed by atoms with Crippen molar-refractivity contribution in [2.75, 3.05) is 13.1 Å².